The number of Topliss-reactive ketones (excluding diaryl/α,β-unsaturated/α-hetero) is 3. The number of amides is 4. The highest BCUT2D eigenvalue weighted by molar-refractivity contribution is 6.09. The molecule has 72 heavy (non-hydrogen) atoms. The van der Waals surface area contributed by atoms with Gasteiger partial charge in [0.05, 0.1) is 37.6 Å². The third-order valence-electron chi connectivity index (χ3n) is 11.1. The Morgan fingerprint density at radius 3 is 1.74 bits per heavy atom. The molecule has 0 aromatic heterocycles. The zero-order valence-electron chi connectivity index (χ0n) is 40.9. The standard InChI is InChI=1S/C25H28N4O7.C11H14O2.C10H11NO2.C8H8O.CH4/c1-26-18-12-28(22(32)14-30)19-9-5-6-10-20(19)29(24(18)34)13-21(31)27-17-11-23(33)36-25(17)35-15-16-7-3-2-4-8-16;1-7-4-10(9(3)13)5-8(2)11(7)6-12;1-7(12)9-3-5-10(6-4-9)11-8(2)13;1-7(9)8-5-3-2-4-6-8;/h2-10,17-18,25-26,30H,11-15H2,1H3,(H,27,31);4-5,12H,6H2,1-3H3;3-6H,1-2H3,(H,11,13);2-6H,1H3;1H4/t17-,18-,25?;;;;/m0..../s1. The van der Waals surface area contributed by atoms with Crippen molar-refractivity contribution < 1.29 is 58.0 Å². The Kier molecular flexibility index (Phi) is 23.5. The van der Waals surface area contributed by atoms with Crippen molar-refractivity contribution in [3.63, 3.8) is 0 Å². The lowest BCUT2D eigenvalue weighted by molar-refractivity contribution is -0.168. The Morgan fingerprint density at radius 1 is 0.708 bits per heavy atom. The maximum atomic E-state index is 13.3. The van der Waals surface area contributed by atoms with Gasteiger partial charge in [0.2, 0.25) is 24.0 Å². The maximum absolute atomic E-state index is 13.3. The summed E-state index contributed by atoms with van der Waals surface area (Å²) >= 11 is 0. The Balaban J connectivity index is 0.000000308. The molecule has 2 aliphatic rings. The number of aliphatic hydroxyl groups excluding tert-OH is 2. The molecule has 4 amide bonds. The first-order valence-corrected chi connectivity index (χ1v) is 22.7. The van der Waals surface area contributed by atoms with E-state index in [9.17, 15) is 43.5 Å². The third kappa shape index (κ3) is 17.3. The number of likely N-dealkylation sites (N-methyl/N-ethyl adjacent to an activating group) is 1. The number of hydrogen-bond donors (Lipinski definition) is 5. The molecule has 5 aromatic rings. The lowest BCUT2D eigenvalue weighted by atomic mass is 9.98. The second-order valence-electron chi connectivity index (χ2n) is 16.5. The Hall–Kier alpha value is -7.70. The fraction of sp³-hybridized carbons (Fsp3) is 0.309. The van der Waals surface area contributed by atoms with Crippen LogP contribution in [0.3, 0.4) is 0 Å². The number of hydrogen-bond acceptors (Lipinski definition) is 13. The molecular formula is C55H65N5O12. The molecule has 2 heterocycles. The van der Waals surface area contributed by atoms with Crippen LogP contribution in [0.25, 0.3) is 0 Å². The smallest absolute Gasteiger partial charge is 0.310 e. The molecule has 1 saturated heterocycles. The van der Waals surface area contributed by atoms with E-state index in [0.29, 0.717) is 28.2 Å². The second-order valence-corrected chi connectivity index (χ2v) is 16.5. The Labute approximate surface area is 420 Å². The van der Waals surface area contributed by atoms with E-state index in [4.69, 9.17) is 14.6 Å². The first-order valence-electron chi connectivity index (χ1n) is 22.7. The molecule has 5 aromatic carbocycles. The summed E-state index contributed by atoms with van der Waals surface area (Å²) in [7, 11) is 1.58. The van der Waals surface area contributed by atoms with Gasteiger partial charge >= 0.3 is 5.97 Å². The molecule has 0 aliphatic carbocycles. The molecule has 0 bridgehead atoms. The predicted molar refractivity (Wildman–Crippen MR) is 275 cm³/mol. The van der Waals surface area contributed by atoms with Crippen molar-refractivity contribution in [2.75, 3.05) is 41.9 Å². The molecular weight excluding hydrogens is 923 g/mol. The van der Waals surface area contributed by atoms with Gasteiger partial charge in [-0.2, -0.15) is 0 Å². The lowest BCUT2D eigenvalue weighted by Crippen LogP contribution is -2.53. The van der Waals surface area contributed by atoms with Gasteiger partial charge in [0, 0.05) is 29.3 Å². The minimum absolute atomic E-state index is 0. The summed E-state index contributed by atoms with van der Waals surface area (Å²) in [6, 6.07) is 34.1. The number of aliphatic hydroxyl groups is 2. The van der Waals surface area contributed by atoms with Crippen LogP contribution >= 0.6 is 0 Å². The summed E-state index contributed by atoms with van der Waals surface area (Å²) in [6.45, 7) is 9.02. The van der Waals surface area contributed by atoms with Crippen LogP contribution in [0.15, 0.2) is 121 Å². The van der Waals surface area contributed by atoms with Gasteiger partial charge in [0.1, 0.15) is 25.2 Å². The number of ether oxygens (including phenoxy) is 2. The molecule has 382 valence electrons. The molecule has 0 spiro atoms. The zero-order valence-corrected chi connectivity index (χ0v) is 40.9. The fourth-order valence-electron chi connectivity index (χ4n) is 7.35. The average molecular weight is 988 g/mol. The minimum Gasteiger partial charge on any atom is -0.433 e. The fourth-order valence-corrected chi connectivity index (χ4v) is 7.35. The summed E-state index contributed by atoms with van der Waals surface area (Å²) in [6.07, 6.45) is -1.02. The van der Waals surface area contributed by atoms with Gasteiger partial charge in [0.25, 0.3) is 5.91 Å². The normalized spacial score (nSPS) is 15.4. The number of benzene rings is 5. The van der Waals surface area contributed by atoms with Gasteiger partial charge < -0.3 is 40.5 Å². The van der Waals surface area contributed by atoms with Crippen molar-refractivity contribution in [1.29, 1.82) is 0 Å². The summed E-state index contributed by atoms with van der Waals surface area (Å²) in [4.78, 5) is 96.6. The summed E-state index contributed by atoms with van der Waals surface area (Å²) in [5.74, 6) is -1.91. The first-order chi connectivity index (χ1) is 33.9. The maximum Gasteiger partial charge on any atom is 0.310 e. The summed E-state index contributed by atoms with van der Waals surface area (Å²) in [5, 5.41) is 26.7. The number of nitrogens with zero attached hydrogens (tertiary/aromatic N) is 2. The molecule has 1 unspecified atom stereocenters. The molecule has 2 aliphatic heterocycles. The lowest BCUT2D eigenvalue weighted by Gasteiger charge is -2.26. The highest BCUT2D eigenvalue weighted by Gasteiger charge is 2.39. The van der Waals surface area contributed by atoms with E-state index in [-0.39, 0.29) is 63.4 Å². The quantitative estimate of drug-likeness (QED) is 0.0645. The molecule has 0 saturated carbocycles. The van der Waals surface area contributed by atoms with E-state index in [1.54, 1.807) is 69.4 Å². The van der Waals surface area contributed by atoms with E-state index in [1.165, 1.54) is 23.6 Å². The van der Waals surface area contributed by atoms with E-state index >= 15 is 0 Å². The molecule has 17 nitrogen and oxygen atoms in total. The van der Waals surface area contributed by atoms with Crippen LogP contribution in [-0.2, 0) is 46.7 Å². The van der Waals surface area contributed by atoms with Crippen molar-refractivity contribution in [1.82, 2.24) is 10.6 Å². The van der Waals surface area contributed by atoms with E-state index < -0.39 is 48.7 Å². The van der Waals surface area contributed by atoms with Crippen LogP contribution in [0.2, 0.25) is 0 Å². The monoisotopic (exact) mass is 987 g/mol. The van der Waals surface area contributed by atoms with Crippen LogP contribution in [-0.4, -0.2) is 102 Å². The molecule has 1 fully saturated rings. The SMILES string of the molecule is C.CC(=O)Nc1ccc(C(C)=O)cc1.CC(=O)c1cc(C)c(CO)c(C)c1.CC(=O)c1ccccc1.CN[C@H]1CN(C(=O)CO)c2ccccc2N(CC(=O)N[C@H]2CC(=O)OC2OCc2ccccc2)C1=O. The number of rotatable bonds is 13. The van der Waals surface area contributed by atoms with E-state index in [0.717, 1.165) is 27.8 Å². The van der Waals surface area contributed by atoms with Crippen LogP contribution in [0.1, 0.15) is 94.9 Å². The average Bonchev–Trinajstić information content (AvgIpc) is 3.65. The highest BCUT2D eigenvalue weighted by Crippen LogP contribution is 2.33. The minimum atomic E-state index is -0.962. The van der Waals surface area contributed by atoms with Gasteiger partial charge in [-0.1, -0.05) is 80.2 Å². The van der Waals surface area contributed by atoms with Crippen molar-refractivity contribution in [3.05, 3.63) is 160 Å². The summed E-state index contributed by atoms with van der Waals surface area (Å²) in [5.41, 5.74) is 7.37. The van der Waals surface area contributed by atoms with Crippen LogP contribution < -0.4 is 25.8 Å². The number of cyclic esters (lactones) is 1. The predicted octanol–water partition coefficient (Wildman–Crippen LogP) is 6.29. The van der Waals surface area contributed by atoms with E-state index in [1.807, 2.05) is 86.6 Å². The van der Waals surface area contributed by atoms with Gasteiger partial charge in [0.15, 0.2) is 17.3 Å². The van der Waals surface area contributed by atoms with Crippen molar-refractivity contribution in [2.24, 2.45) is 0 Å². The number of para-hydroxylation sites is 2. The number of ketones is 3. The third-order valence-corrected chi connectivity index (χ3v) is 11.1. The van der Waals surface area contributed by atoms with Crippen molar-refractivity contribution >= 4 is 64.0 Å². The van der Waals surface area contributed by atoms with Crippen molar-refractivity contribution in [3.8, 4) is 0 Å². The van der Waals surface area contributed by atoms with Crippen molar-refractivity contribution in [2.45, 2.75) is 87.0 Å². The molecule has 0 radical (unpaired) electrons. The molecule has 17 heteroatoms. The molecule has 5 N–H and O–H groups in total. The largest absolute Gasteiger partial charge is 0.433 e. The molecule has 7 rings (SSSR count). The van der Waals surface area contributed by atoms with Gasteiger partial charge in [-0.15, -0.1) is 0 Å². The van der Waals surface area contributed by atoms with Gasteiger partial charge in [-0.25, -0.2) is 0 Å². The first kappa shape index (κ1) is 58.6. The second kappa shape index (κ2) is 28.8. The number of fused-ring (bicyclic) bond motifs is 1. The van der Waals surface area contributed by atoms with E-state index in [2.05, 4.69) is 16.0 Å². The number of aryl methyl sites for hydroxylation is 2. The number of carbonyl (C=O) groups excluding carboxylic acids is 8. The number of esters is 1. The summed E-state index contributed by atoms with van der Waals surface area (Å²) < 4.78 is 11.0. The van der Waals surface area contributed by atoms with Crippen LogP contribution in [0.5, 0.6) is 0 Å². The number of nitrogens with one attached hydrogen (secondary N) is 3. The van der Waals surface area contributed by atoms with Gasteiger partial charge in [-0.05, 0) is 112 Å². The number of carbonyl (C=O) groups is 8. The van der Waals surface area contributed by atoms with Gasteiger partial charge in [-0.3, -0.25) is 43.3 Å². The Bertz CT molecular complexity index is 2640. The zero-order chi connectivity index (χ0) is 52.2. The topological polar surface area (TPSA) is 238 Å². The van der Waals surface area contributed by atoms with Crippen LogP contribution in [0.4, 0.5) is 17.1 Å². The van der Waals surface area contributed by atoms with Crippen LogP contribution in [0, 0.1) is 13.8 Å². The Morgan fingerprint density at radius 2 is 1.24 bits per heavy atom. The highest BCUT2D eigenvalue weighted by atomic mass is 16.7. The number of anilines is 3. The molecule has 3 atom stereocenters.